The third-order valence-corrected chi connectivity index (χ3v) is 5.62. The number of ether oxygens (including phenoxy) is 3. The SMILES string of the molecule is COc1ccc(OCCOc2cc(C)cc(C)c2)c(/C=N\Nc2nc3ccccc3s2)c1. The third-order valence-electron chi connectivity index (χ3n) is 4.68. The number of aromatic nitrogens is 1. The van der Waals surface area contributed by atoms with Gasteiger partial charge in [-0.15, -0.1) is 0 Å². The normalized spacial score (nSPS) is 11.1. The van der Waals surface area contributed by atoms with E-state index in [1.807, 2.05) is 54.6 Å². The molecule has 0 aliphatic rings. The highest BCUT2D eigenvalue weighted by atomic mass is 32.1. The molecule has 4 aromatic rings. The van der Waals surface area contributed by atoms with E-state index in [0.29, 0.717) is 19.0 Å². The molecule has 0 saturated heterocycles. The van der Waals surface area contributed by atoms with Gasteiger partial charge in [-0.05, 0) is 67.4 Å². The maximum atomic E-state index is 5.96. The van der Waals surface area contributed by atoms with Crippen molar-refractivity contribution in [3.8, 4) is 17.2 Å². The van der Waals surface area contributed by atoms with Crippen molar-refractivity contribution < 1.29 is 14.2 Å². The minimum absolute atomic E-state index is 0.408. The van der Waals surface area contributed by atoms with Gasteiger partial charge in [-0.2, -0.15) is 5.10 Å². The number of nitrogens with zero attached hydrogens (tertiary/aromatic N) is 2. The number of hydrogen-bond donors (Lipinski definition) is 1. The van der Waals surface area contributed by atoms with Gasteiger partial charge in [-0.25, -0.2) is 4.98 Å². The molecule has 0 unspecified atom stereocenters. The molecule has 0 aliphatic heterocycles. The molecule has 1 aromatic heterocycles. The Morgan fingerprint density at radius 2 is 1.72 bits per heavy atom. The van der Waals surface area contributed by atoms with Crippen molar-refractivity contribution in [3.63, 3.8) is 0 Å². The van der Waals surface area contributed by atoms with Gasteiger partial charge in [0.1, 0.15) is 30.5 Å². The van der Waals surface area contributed by atoms with Gasteiger partial charge in [0.2, 0.25) is 5.13 Å². The van der Waals surface area contributed by atoms with Crippen LogP contribution in [-0.2, 0) is 0 Å². The van der Waals surface area contributed by atoms with Crippen molar-refractivity contribution in [2.24, 2.45) is 5.10 Å². The maximum Gasteiger partial charge on any atom is 0.204 e. The van der Waals surface area contributed by atoms with Gasteiger partial charge < -0.3 is 14.2 Å². The first kappa shape index (κ1) is 21.6. The molecular formula is C25H25N3O3S. The average molecular weight is 448 g/mol. The smallest absolute Gasteiger partial charge is 0.204 e. The number of nitrogens with one attached hydrogen (secondary N) is 1. The Morgan fingerprint density at radius 1 is 0.938 bits per heavy atom. The molecule has 4 rings (SSSR count). The van der Waals surface area contributed by atoms with E-state index in [4.69, 9.17) is 14.2 Å². The third kappa shape index (κ3) is 5.56. The van der Waals surface area contributed by atoms with Crippen molar-refractivity contribution in [2.45, 2.75) is 13.8 Å². The largest absolute Gasteiger partial charge is 0.497 e. The second-order valence-electron chi connectivity index (χ2n) is 7.28. The first-order valence-electron chi connectivity index (χ1n) is 10.3. The van der Waals surface area contributed by atoms with Crippen LogP contribution in [0.2, 0.25) is 0 Å². The molecule has 0 spiro atoms. The molecule has 32 heavy (non-hydrogen) atoms. The van der Waals surface area contributed by atoms with Crippen molar-refractivity contribution in [3.05, 3.63) is 77.4 Å². The summed E-state index contributed by atoms with van der Waals surface area (Å²) < 4.78 is 18.3. The van der Waals surface area contributed by atoms with Gasteiger partial charge in [-0.3, -0.25) is 5.43 Å². The Morgan fingerprint density at radius 3 is 2.50 bits per heavy atom. The summed E-state index contributed by atoms with van der Waals surface area (Å²) in [5, 5.41) is 5.08. The Hall–Kier alpha value is -3.58. The van der Waals surface area contributed by atoms with Crippen LogP contribution in [0, 0.1) is 13.8 Å². The van der Waals surface area contributed by atoms with Gasteiger partial charge in [0.25, 0.3) is 0 Å². The highest BCUT2D eigenvalue weighted by Gasteiger charge is 2.06. The number of rotatable bonds is 9. The Balaban J connectivity index is 1.39. The molecular weight excluding hydrogens is 422 g/mol. The minimum atomic E-state index is 0.408. The molecule has 3 aromatic carbocycles. The number of hydrazone groups is 1. The number of aryl methyl sites for hydroxylation is 2. The molecule has 1 N–H and O–H groups in total. The predicted molar refractivity (Wildman–Crippen MR) is 131 cm³/mol. The summed E-state index contributed by atoms with van der Waals surface area (Å²) in [6.45, 7) is 4.96. The van der Waals surface area contributed by atoms with Gasteiger partial charge >= 0.3 is 0 Å². The Labute approximate surface area is 191 Å². The first-order chi connectivity index (χ1) is 15.6. The molecule has 0 atom stereocenters. The highest BCUT2D eigenvalue weighted by molar-refractivity contribution is 7.22. The summed E-state index contributed by atoms with van der Waals surface area (Å²) in [6, 6.07) is 19.8. The van der Waals surface area contributed by atoms with Crippen LogP contribution in [0.15, 0.2) is 65.8 Å². The number of thiazole rings is 1. The molecule has 7 heteroatoms. The van der Waals surface area contributed by atoms with Gasteiger partial charge in [-0.1, -0.05) is 29.5 Å². The van der Waals surface area contributed by atoms with Crippen molar-refractivity contribution in [2.75, 3.05) is 25.7 Å². The molecule has 164 valence electrons. The van der Waals surface area contributed by atoms with E-state index in [-0.39, 0.29) is 0 Å². The minimum Gasteiger partial charge on any atom is -0.497 e. The van der Waals surface area contributed by atoms with Gasteiger partial charge in [0.05, 0.1) is 23.5 Å². The zero-order valence-corrected chi connectivity index (χ0v) is 19.1. The van der Waals surface area contributed by atoms with Crippen LogP contribution < -0.4 is 19.6 Å². The lowest BCUT2D eigenvalue weighted by molar-refractivity contribution is 0.216. The van der Waals surface area contributed by atoms with Crippen LogP contribution in [0.25, 0.3) is 10.2 Å². The fourth-order valence-electron chi connectivity index (χ4n) is 3.29. The van der Waals surface area contributed by atoms with Crippen LogP contribution in [0.3, 0.4) is 0 Å². The number of anilines is 1. The highest BCUT2D eigenvalue weighted by Crippen LogP contribution is 2.26. The van der Waals surface area contributed by atoms with Crippen molar-refractivity contribution in [1.29, 1.82) is 0 Å². The van der Waals surface area contributed by atoms with E-state index < -0.39 is 0 Å². The summed E-state index contributed by atoms with van der Waals surface area (Å²) >= 11 is 1.55. The van der Waals surface area contributed by atoms with Crippen LogP contribution in [0.4, 0.5) is 5.13 Å². The second-order valence-corrected chi connectivity index (χ2v) is 8.31. The number of benzene rings is 3. The number of hydrogen-bond acceptors (Lipinski definition) is 7. The molecule has 0 saturated carbocycles. The topological polar surface area (TPSA) is 65.0 Å². The number of fused-ring (bicyclic) bond motifs is 1. The quantitative estimate of drug-likeness (QED) is 0.199. The van der Waals surface area contributed by atoms with E-state index in [1.165, 1.54) is 11.1 Å². The zero-order chi connectivity index (χ0) is 22.3. The number of para-hydroxylation sites is 1. The van der Waals surface area contributed by atoms with Crippen LogP contribution in [0.5, 0.6) is 17.2 Å². The standard InChI is InChI=1S/C25H25N3O3S/c1-17-12-18(2)14-21(13-17)30-10-11-31-23-9-8-20(29-3)15-19(23)16-26-28-25-27-22-6-4-5-7-24(22)32-25/h4-9,12-16H,10-11H2,1-3H3,(H,27,28)/b26-16-. The van der Waals surface area contributed by atoms with Crippen molar-refractivity contribution >= 4 is 32.9 Å². The summed E-state index contributed by atoms with van der Waals surface area (Å²) in [4.78, 5) is 4.52. The number of methoxy groups -OCH3 is 1. The van der Waals surface area contributed by atoms with E-state index in [2.05, 4.69) is 35.4 Å². The van der Waals surface area contributed by atoms with Gasteiger partial charge in [0.15, 0.2) is 0 Å². The van der Waals surface area contributed by atoms with Crippen LogP contribution in [-0.4, -0.2) is 31.5 Å². The molecule has 6 nitrogen and oxygen atoms in total. The van der Waals surface area contributed by atoms with E-state index in [9.17, 15) is 0 Å². The fourth-order valence-corrected chi connectivity index (χ4v) is 4.11. The summed E-state index contributed by atoms with van der Waals surface area (Å²) in [5.41, 5.74) is 7.10. The lowest BCUT2D eigenvalue weighted by atomic mass is 10.1. The predicted octanol–water partition coefficient (Wildman–Crippen LogP) is 5.83. The summed E-state index contributed by atoms with van der Waals surface area (Å²) in [5.74, 6) is 2.28. The fraction of sp³-hybridized carbons (Fsp3) is 0.200. The average Bonchev–Trinajstić information content (AvgIpc) is 3.19. The lowest BCUT2D eigenvalue weighted by Gasteiger charge is -2.12. The second kappa shape index (κ2) is 10.2. The van der Waals surface area contributed by atoms with Crippen LogP contribution >= 0.6 is 11.3 Å². The van der Waals surface area contributed by atoms with Crippen LogP contribution in [0.1, 0.15) is 16.7 Å². The first-order valence-corrected chi connectivity index (χ1v) is 11.1. The van der Waals surface area contributed by atoms with E-state index >= 15 is 0 Å². The zero-order valence-electron chi connectivity index (χ0n) is 18.3. The molecule has 0 fully saturated rings. The van der Waals surface area contributed by atoms with Gasteiger partial charge in [0, 0.05) is 5.56 Å². The molecule has 0 radical (unpaired) electrons. The maximum absolute atomic E-state index is 5.96. The molecule has 1 heterocycles. The summed E-state index contributed by atoms with van der Waals surface area (Å²) in [7, 11) is 1.63. The molecule has 0 aliphatic carbocycles. The molecule has 0 amide bonds. The Kier molecular flexibility index (Phi) is 6.87. The summed E-state index contributed by atoms with van der Waals surface area (Å²) in [6.07, 6.45) is 1.70. The monoisotopic (exact) mass is 447 g/mol. The Bertz CT molecular complexity index is 1180. The molecule has 0 bridgehead atoms. The van der Waals surface area contributed by atoms with E-state index in [1.54, 1.807) is 24.7 Å². The van der Waals surface area contributed by atoms with Crippen molar-refractivity contribution in [1.82, 2.24) is 4.98 Å². The lowest BCUT2D eigenvalue weighted by Crippen LogP contribution is -2.10. The van der Waals surface area contributed by atoms with E-state index in [0.717, 1.165) is 32.4 Å².